The Labute approximate surface area is 107 Å². The van der Waals surface area contributed by atoms with E-state index in [2.05, 4.69) is 19.2 Å². The lowest BCUT2D eigenvalue weighted by atomic mass is 9.97. The molecule has 1 saturated carbocycles. The number of likely N-dealkylation sites (N-methyl/N-ethyl adjacent to an activating group) is 1. The van der Waals surface area contributed by atoms with Crippen molar-refractivity contribution in [2.45, 2.75) is 32.7 Å². The Hall–Kier alpha value is -0.600. The van der Waals surface area contributed by atoms with Gasteiger partial charge in [-0.15, -0.1) is 0 Å². The number of hydrogen-bond donors (Lipinski definition) is 1. The third-order valence-electron chi connectivity index (χ3n) is 3.93. The van der Waals surface area contributed by atoms with Gasteiger partial charge >= 0.3 is 0 Å². The van der Waals surface area contributed by atoms with Gasteiger partial charge < -0.3 is 5.32 Å². The minimum absolute atomic E-state index is 0.198. The highest BCUT2D eigenvalue weighted by Gasteiger charge is 2.49. The summed E-state index contributed by atoms with van der Waals surface area (Å²) in [5.41, 5.74) is 1.02. The quantitative estimate of drug-likeness (QED) is 0.866. The van der Waals surface area contributed by atoms with Crippen molar-refractivity contribution in [3.05, 3.63) is 34.6 Å². The molecule has 2 atom stereocenters. The van der Waals surface area contributed by atoms with Crippen LogP contribution in [0.1, 0.15) is 25.8 Å². The van der Waals surface area contributed by atoms with Crippen molar-refractivity contribution in [3.63, 3.8) is 0 Å². The van der Waals surface area contributed by atoms with Gasteiger partial charge in [-0.25, -0.2) is 4.39 Å². The summed E-state index contributed by atoms with van der Waals surface area (Å²) >= 11 is 6.06. The lowest BCUT2D eigenvalue weighted by molar-refractivity contribution is 0.420. The molecule has 94 valence electrons. The second-order valence-corrected chi connectivity index (χ2v) is 6.01. The highest BCUT2D eigenvalue weighted by molar-refractivity contribution is 6.31. The van der Waals surface area contributed by atoms with Crippen LogP contribution in [-0.2, 0) is 6.42 Å². The molecule has 0 amide bonds. The molecule has 1 nitrogen and oxygen atoms in total. The summed E-state index contributed by atoms with van der Waals surface area (Å²) < 4.78 is 13.7. The highest BCUT2D eigenvalue weighted by Crippen LogP contribution is 2.54. The summed E-state index contributed by atoms with van der Waals surface area (Å²) in [6, 6.07) is 5.19. The zero-order chi connectivity index (χ0) is 12.6. The van der Waals surface area contributed by atoms with Gasteiger partial charge in [0.25, 0.3) is 0 Å². The van der Waals surface area contributed by atoms with E-state index < -0.39 is 0 Å². The van der Waals surface area contributed by atoms with E-state index in [0.717, 1.165) is 0 Å². The number of rotatable bonds is 4. The van der Waals surface area contributed by atoms with E-state index >= 15 is 0 Å². The van der Waals surface area contributed by atoms with Gasteiger partial charge in [0.15, 0.2) is 0 Å². The van der Waals surface area contributed by atoms with Crippen LogP contribution in [0.2, 0.25) is 5.02 Å². The highest BCUT2D eigenvalue weighted by atomic mass is 35.5. The maximum Gasteiger partial charge on any atom is 0.127 e. The summed E-state index contributed by atoms with van der Waals surface area (Å²) in [6.07, 6.45) is 1.86. The van der Waals surface area contributed by atoms with Crippen LogP contribution in [-0.4, -0.2) is 13.1 Å². The molecule has 1 N–H and O–H groups in total. The van der Waals surface area contributed by atoms with Crippen molar-refractivity contribution in [1.82, 2.24) is 5.32 Å². The van der Waals surface area contributed by atoms with Gasteiger partial charge in [0.1, 0.15) is 5.82 Å². The van der Waals surface area contributed by atoms with E-state index in [0.29, 0.717) is 34.4 Å². The van der Waals surface area contributed by atoms with Crippen LogP contribution >= 0.6 is 11.6 Å². The topological polar surface area (TPSA) is 12.0 Å². The monoisotopic (exact) mass is 255 g/mol. The van der Waals surface area contributed by atoms with Gasteiger partial charge in [-0.2, -0.15) is 0 Å². The van der Waals surface area contributed by atoms with Crippen molar-refractivity contribution >= 4 is 11.6 Å². The maximum atomic E-state index is 13.7. The van der Waals surface area contributed by atoms with Gasteiger partial charge in [-0.1, -0.05) is 31.5 Å². The number of benzene rings is 1. The molecule has 0 saturated heterocycles. The van der Waals surface area contributed by atoms with E-state index in [1.165, 1.54) is 12.5 Å². The molecule has 0 bridgehead atoms. The zero-order valence-corrected chi connectivity index (χ0v) is 11.3. The van der Waals surface area contributed by atoms with Crippen LogP contribution in [0.4, 0.5) is 4.39 Å². The van der Waals surface area contributed by atoms with Gasteiger partial charge in [0, 0.05) is 16.6 Å². The van der Waals surface area contributed by atoms with Gasteiger partial charge in [0.05, 0.1) is 0 Å². The van der Waals surface area contributed by atoms with E-state index in [-0.39, 0.29) is 5.82 Å². The summed E-state index contributed by atoms with van der Waals surface area (Å²) in [5, 5.41) is 3.83. The summed E-state index contributed by atoms with van der Waals surface area (Å²) in [7, 11) is 1.94. The number of halogens is 2. The van der Waals surface area contributed by atoms with Crippen LogP contribution in [0.15, 0.2) is 18.2 Å². The Kier molecular flexibility index (Phi) is 3.46. The Balaban J connectivity index is 2.14. The predicted octanol–water partition coefficient (Wildman–Crippen LogP) is 3.66. The third-order valence-corrected chi connectivity index (χ3v) is 4.29. The Bertz CT molecular complexity index is 396. The maximum absolute atomic E-state index is 13.7. The van der Waals surface area contributed by atoms with Gasteiger partial charge in [-0.05, 0) is 43.4 Å². The fraction of sp³-hybridized carbons (Fsp3) is 0.571. The lowest BCUT2D eigenvalue weighted by Crippen LogP contribution is -2.31. The Morgan fingerprint density at radius 2 is 2.18 bits per heavy atom. The number of hydrogen-bond acceptors (Lipinski definition) is 1. The predicted molar refractivity (Wildman–Crippen MR) is 69.8 cm³/mol. The lowest BCUT2D eigenvalue weighted by Gasteiger charge is -2.19. The van der Waals surface area contributed by atoms with Gasteiger partial charge in [0.2, 0.25) is 0 Å². The molecule has 1 aromatic rings. The van der Waals surface area contributed by atoms with E-state index in [9.17, 15) is 4.39 Å². The van der Waals surface area contributed by atoms with Crippen molar-refractivity contribution in [2.75, 3.05) is 7.05 Å². The minimum atomic E-state index is -0.198. The fourth-order valence-electron chi connectivity index (χ4n) is 2.59. The first kappa shape index (κ1) is 12.8. The molecule has 1 aromatic carbocycles. The zero-order valence-electron chi connectivity index (χ0n) is 10.6. The van der Waals surface area contributed by atoms with Crippen LogP contribution in [0.3, 0.4) is 0 Å². The molecule has 2 rings (SSSR count). The standard InChI is InChI=1S/C14H19ClFN/c1-14(2)8-10(14)13(17-3)7-9-11(15)5-4-6-12(9)16/h4-6,10,13,17H,7-8H2,1-3H3. The molecule has 0 spiro atoms. The van der Waals surface area contributed by atoms with Crippen molar-refractivity contribution in [1.29, 1.82) is 0 Å². The van der Waals surface area contributed by atoms with Crippen molar-refractivity contribution in [2.24, 2.45) is 11.3 Å². The smallest absolute Gasteiger partial charge is 0.127 e. The molecule has 17 heavy (non-hydrogen) atoms. The SMILES string of the molecule is CNC(Cc1c(F)cccc1Cl)C1CC1(C)C. The number of nitrogens with one attached hydrogen (secondary N) is 1. The Morgan fingerprint density at radius 3 is 2.65 bits per heavy atom. The summed E-state index contributed by atoms with van der Waals surface area (Å²) in [6.45, 7) is 4.51. The fourth-order valence-corrected chi connectivity index (χ4v) is 2.83. The summed E-state index contributed by atoms with van der Waals surface area (Å²) in [4.78, 5) is 0. The van der Waals surface area contributed by atoms with Crippen molar-refractivity contribution in [3.8, 4) is 0 Å². The average molecular weight is 256 g/mol. The first-order chi connectivity index (χ1) is 7.95. The van der Waals surface area contributed by atoms with E-state index in [1.807, 2.05) is 7.05 Å². The first-order valence-corrected chi connectivity index (χ1v) is 6.43. The van der Waals surface area contributed by atoms with Crippen LogP contribution in [0.25, 0.3) is 0 Å². The van der Waals surface area contributed by atoms with Crippen LogP contribution < -0.4 is 5.32 Å². The molecule has 0 aromatic heterocycles. The normalized spacial score (nSPS) is 23.5. The van der Waals surface area contributed by atoms with Crippen molar-refractivity contribution < 1.29 is 4.39 Å². The average Bonchev–Trinajstić information content (AvgIpc) is 2.87. The third kappa shape index (κ3) is 2.63. The van der Waals surface area contributed by atoms with Gasteiger partial charge in [-0.3, -0.25) is 0 Å². The molecule has 1 fully saturated rings. The molecule has 1 aliphatic rings. The molecule has 2 unspecified atom stereocenters. The molecule has 0 radical (unpaired) electrons. The Morgan fingerprint density at radius 1 is 1.53 bits per heavy atom. The molecule has 3 heteroatoms. The minimum Gasteiger partial charge on any atom is -0.316 e. The molecule has 0 heterocycles. The summed E-state index contributed by atoms with van der Waals surface area (Å²) in [5.74, 6) is 0.416. The van der Waals surface area contributed by atoms with Crippen LogP contribution in [0, 0.1) is 17.2 Å². The molecular weight excluding hydrogens is 237 g/mol. The van der Waals surface area contributed by atoms with E-state index in [1.54, 1.807) is 12.1 Å². The van der Waals surface area contributed by atoms with Crippen LogP contribution in [0.5, 0.6) is 0 Å². The van der Waals surface area contributed by atoms with E-state index in [4.69, 9.17) is 11.6 Å². The second-order valence-electron chi connectivity index (χ2n) is 5.60. The molecule has 0 aliphatic heterocycles. The molecular formula is C14H19ClFN. The second kappa shape index (κ2) is 4.58. The molecule has 1 aliphatic carbocycles. The largest absolute Gasteiger partial charge is 0.316 e. The first-order valence-electron chi connectivity index (χ1n) is 6.06.